The minimum absolute atomic E-state index is 0.00469. The van der Waals surface area contributed by atoms with E-state index in [-0.39, 0.29) is 5.69 Å². The summed E-state index contributed by atoms with van der Waals surface area (Å²) in [5, 5.41) is 14.7. The van der Waals surface area contributed by atoms with Crippen molar-refractivity contribution >= 4 is 46.6 Å². The van der Waals surface area contributed by atoms with Crippen molar-refractivity contribution in [3.63, 3.8) is 0 Å². The molecule has 0 aliphatic heterocycles. The largest absolute Gasteiger partial charge is 0.476 e. The zero-order valence-electron chi connectivity index (χ0n) is 14.2. The Hall–Kier alpha value is -2.08. The van der Waals surface area contributed by atoms with Crippen molar-refractivity contribution in [2.75, 3.05) is 0 Å². The Bertz CT molecular complexity index is 1010. The molecule has 134 valence electrons. The number of aromatic carboxylic acids is 1. The number of hydrogen-bond donors (Lipinski definition) is 1. The number of nitrogens with zero attached hydrogens (tertiary/aromatic N) is 2. The zero-order chi connectivity index (χ0) is 18.8. The lowest BCUT2D eigenvalue weighted by Gasteiger charge is -2.09. The van der Waals surface area contributed by atoms with Crippen LogP contribution >= 0.6 is 34.5 Å². The summed E-state index contributed by atoms with van der Waals surface area (Å²) in [4.78, 5) is 13.6. The van der Waals surface area contributed by atoms with Crippen LogP contribution in [0.4, 0.5) is 0 Å². The van der Waals surface area contributed by atoms with Gasteiger partial charge in [0, 0.05) is 15.5 Å². The summed E-state index contributed by atoms with van der Waals surface area (Å²) in [7, 11) is 0. The normalized spacial score (nSPS) is 11.4. The molecule has 7 heteroatoms. The third-order valence-electron chi connectivity index (χ3n) is 3.84. The SMILES string of the molecule is CCC=Cc1ccc(-c2c(C)c(C(=O)O)nn2-c2ccc(Cl)cc2Cl)s1. The highest BCUT2D eigenvalue weighted by Crippen LogP contribution is 2.36. The molecule has 4 nitrogen and oxygen atoms in total. The standard InChI is InChI=1S/C19H16Cl2N2O2S/c1-3-4-5-13-7-9-16(26-13)18-11(2)17(19(24)25)22-23(18)15-8-6-12(20)10-14(15)21/h4-10H,3H2,1-2H3,(H,24,25). The highest BCUT2D eigenvalue weighted by molar-refractivity contribution is 7.16. The summed E-state index contributed by atoms with van der Waals surface area (Å²) < 4.78 is 1.58. The van der Waals surface area contributed by atoms with Gasteiger partial charge in [-0.15, -0.1) is 11.3 Å². The average Bonchev–Trinajstić information content (AvgIpc) is 3.17. The van der Waals surface area contributed by atoms with E-state index in [9.17, 15) is 9.90 Å². The van der Waals surface area contributed by atoms with E-state index in [0.717, 1.165) is 16.2 Å². The molecule has 0 atom stereocenters. The van der Waals surface area contributed by atoms with Crippen molar-refractivity contribution in [1.29, 1.82) is 0 Å². The molecule has 2 heterocycles. The lowest BCUT2D eigenvalue weighted by molar-refractivity contribution is 0.0689. The summed E-state index contributed by atoms with van der Waals surface area (Å²) in [5.74, 6) is -1.07. The summed E-state index contributed by atoms with van der Waals surface area (Å²) in [6, 6.07) is 9.03. The van der Waals surface area contributed by atoms with E-state index in [1.54, 1.807) is 41.1 Å². The monoisotopic (exact) mass is 406 g/mol. The van der Waals surface area contributed by atoms with E-state index in [4.69, 9.17) is 23.2 Å². The number of carboxylic acid groups (broad SMARTS) is 1. The molecule has 0 bridgehead atoms. The number of benzene rings is 1. The fraction of sp³-hybridized carbons (Fsp3) is 0.158. The Labute approximate surface area is 165 Å². The molecule has 3 aromatic rings. The topological polar surface area (TPSA) is 55.1 Å². The van der Waals surface area contributed by atoms with E-state index < -0.39 is 5.97 Å². The van der Waals surface area contributed by atoms with Crippen LogP contribution in [-0.4, -0.2) is 20.9 Å². The summed E-state index contributed by atoms with van der Waals surface area (Å²) >= 11 is 13.9. The Balaban J connectivity index is 2.22. The van der Waals surface area contributed by atoms with Crippen molar-refractivity contribution < 1.29 is 9.90 Å². The van der Waals surface area contributed by atoms with E-state index >= 15 is 0 Å². The van der Waals surface area contributed by atoms with E-state index in [0.29, 0.717) is 27.0 Å². The minimum atomic E-state index is -1.07. The second-order valence-corrected chi connectivity index (χ2v) is 7.61. The summed E-state index contributed by atoms with van der Waals surface area (Å²) in [5.41, 5.74) is 1.90. The van der Waals surface area contributed by atoms with E-state index in [2.05, 4.69) is 24.2 Å². The second kappa shape index (κ2) is 7.66. The van der Waals surface area contributed by atoms with Gasteiger partial charge in [-0.05, 0) is 49.8 Å². The summed E-state index contributed by atoms with van der Waals surface area (Å²) in [6.07, 6.45) is 5.09. The Morgan fingerprint density at radius 2 is 2.08 bits per heavy atom. The molecule has 0 unspecified atom stereocenters. The number of carbonyl (C=O) groups is 1. The van der Waals surface area contributed by atoms with Crippen LogP contribution in [0.3, 0.4) is 0 Å². The van der Waals surface area contributed by atoms with Gasteiger partial charge in [0.1, 0.15) is 0 Å². The van der Waals surface area contributed by atoms with Gasteiger partial charge >= 0.3 is 5.97 Å². The highest BCUT2D eigenvalue weighted by Gasteiger charge is 2.23. The molecule has 3 rings (SSSR count). The maximum atomic E-state index is 11.6. The second-order valence-electron chi connectivity index (χ2n) is 5.65. The van der Waals surface area contributed by atoms with Crippen molar-refractivity contribution in [3.05, 3.63) is 62.6 Å². The van der Waals surface area contributed by atoms with Crippen LogP contribution in [0.2, 0.25) is 10.0 Å². The maximum absolute atomic E-state index is 11.6. The van der Waals surface area contributed by atoms with Crippen molar-refractivity contribution in [3.8, 4) is 16.3 Å². The number of rotatable bonds is 5. The molecule has 1 N–H and O–H groups in total. The fourth-order valence-electron chi connectivity index (χ4n) is 2.62. The first kappa shape index (κ1) is 18.7. The van der Waals surface area contributed by atoms with Gasteiger partial charge in [0.15, 0.2) is 5.69 Å². The molecule has 0 amide bonds. The van der Waals surface area contributed by atoms with Gasteiger partial charge in [-0.2, -0.15) is 5.10 Å². The quantitative estimate of drug-likeness (QED) is 0.537. The molecular formula is C19H16Cl2N2O2S. The zero-order valence-corrected chi connectivity index (χ0v) is 16.5. The summed E-state index contributed by atoms with van der Waals surface area (Å²) in [6.45, 7) is 3.83. The molecule has 0 spiro atoms. The molecule has 2 aromatic heterocycles. The molecule has 26 heavy (non-hydrogen) atoms. The van der Waals surface area contributed by atoms with Gasteiger partial charge in [-0.25, -0.2) is 9.48 Å². The third-order valence-corrected chi connectivity index (χ3v) is 5.44. The molecule has 0 radical (unpaired) electrons. The predicted molar refractivity (Wildman–Crippen MR) is 108 cm³/mol. The minimum Gasteiger partial charge on any atom is -0.476 e. The van der Waals surface area contributed by atoms with E-state index in [1.165, 1.54) is 0 Å². The average molecular weight is 407 g/mol. The predicted octanol–water partition coefficient (Wildman–Crippen LogP) is 6.34. The van der Waals surface area contributed by atoms with Crippen LogP contribution in [0.15, 0.2) is 36.4 Å². The molecular weight excluding hydrogens is 391 g/mol. The van der Waals surface area contributed by atoms with Gasteiger partial charge in [-0.1, -0.05) is 36.2 Å². The first-order chi connectivity index (χ1) is 12.4. The van der Waals surface area contributed by atoms with Gasteiger partial charge in [0.25, 0.3) is 0 Å². The Morgan fingerprint density at radius 3 is 2.73 bits per heavy atom. The fourth-order valence-corrected chi connectivity index (χ4v) is 4.13. The molecule has 0 aliphatic carbocycles. The lowest BCUT2D eigenvalue weighted by atomic mass is 10.1. The molecule has 0 fully saturated rings. The number of thiophene rings is 1. The Morgan fingerprint density at radius 1 is 1.31 bits per heavy atom. The molecule has 1 aromatic carbocycles. The molecule has 0 saturated heterocycles. The van der Waals surface area contributed by atoms with Crippen LogP contribution in [0.5, 0.6) is 0 Å². The van der Waals surface area contributed by atoms with Crippen LogP contribution in [-0.2, 0) is 0 Å². The maximum Gasteiger partial charge on any atom is 0.356 e. The Kier molecular flexibility index (Phi) is 5.51. The lowest BCUT2D eigenvalue weighted by Crippen LogP contribution is -2.02. The first-order valence-electron chi connectivity index (χ1n) is 7.97. The third kappa shape index (κ3) is 3.56. The van der Waals surface area contributed by atoms with Gasteiger partial charge in [0.05, 0.1) is 21.3 Å². The van der Waals surface area contributed by atoms with E-state index in [1.807, 2.05) is 12.1 Å². The number of aromatic nitrogens is 2. The van der Waals surface area contributed by atoms with Crippen LogP contribution in [0.1, 0.15) is 34.3 Å². The van der Waals surface area contributed by atoms with Crippen LogP contribution in [0, 0.1) is 6.92 Å². The number of hydrogen-bond acceptors (Lipinski definition) is 3. The number of carboxylic acids is 1. The van der Waals surface area contributed by atoms with Crippen LogP contribution < -0.4 is 0 Å². The smallest absolute Gasteiger partial charge is 0.356 e. The number of halogens is 2. The first-order valence-corrected chi connectivity index (χ1v) is 9.54. The van der Waals surface area contributed by atoms with Crippen molar-refractivity contribution in [2.45, 2.75) is 20.3 Å². The number of allylic oxidation sites excluding steroid dienone is 1. The molecule has 0 aliphatic rings. The van der Waals surface area contributed by atoms with Crippen LogP contribution in [0.25, 0.3) is 22.3 Å². The van der Waals surface area contributed by atoms with Gasteiger partial charge in [-0.3, -0.25) is 0 Å². The molecule has 0 saturated carbocycles. The van der Waals surface area contributed by atoms with Crippen molar-refractivity contribution in [2.24, 2.45) is 0 Å². The highest BCUT2D eigenvalue weighted by atomic mass is 35.5. The van der Waals surface area contributed by atoms with Gasteiger partial charge < -0.3 is 5.11 Å². The van der Waals surface area contributed by atoms with Crippen molar-refractivity contribution in [1.82, 2.24) is 9.78 Å². The van der Waals surface area contributed by atoms with Gasteiger partial charge in [0.2, 0.25) is 0 Å².